The molecule has 0 fully saturated rings. The second-order valence-corrected chi connectivity index (χ2v) is 7.37. The predicted octanol–water partition coefficient (Wildman–Crippen LogP) is 4.02. The van der Waals surface area contributed by atoms with E-state index in [1.165, 1.54) is 16.0 Å². The average molecular weight is 434 g/mol. The standard InChI is InChI=1S/C25H23N3O2.ClH/c1-27-23(26)20-13-11-17(12-14-20)9-10-18-5-4-6-19(15-18)16-28-24(29)21-7-2-3-8-22(21)25(28)30;/h2-8,11-15H,9-10,16H2,1H3,(H2,26,27);1H. The Morgan fingerprint density at radius 1 is 0.806 bits per heavy atom. The summed E-state index contributed by atoms with van der Waals surface area (Å²) in [5.41, 5.74) is 11.1. The smallest absolute Gasteiger partial charge is 0.261 e. The Kier molecular flexibility index (Phi) is 6.88. The third-order valence-corrected chi connectivity index (χ3v) is 5.40. The van der Waals surface area contributed by atoms with Crippen LogP contribution >= 0.6 is 12.4 Å². The van der Waals surface area contributed by atoms with Gasteiger partial charge in [-0.15, -0.1) is 12.4 Å². The lowest BCUT2D eigenvalue weighted by Gasteiger charge is -2.14. The van der Waals surface area contributed by atoms with Gasteiger partial charge in [-0.3, -0.25) is 19.5 Å². The molecule has 1 heterocycles. The summed E-state index contributed by atoms with van der Waals surface area (Å²) in [5, 5.41) is 0. The first-order chi connectivity index (χ1) is 14.6. The molecule has 4 rings (SSSR count). The highest BCUT2D eigenvalue weighted by Crippen LogP contribution is 2.24. The van der Waals surface area contributed by atoms with Crippen LogP contribution in [0.3, 0.4) is 0 Å². The Morgan fingerprint density at radius 2 is 1.39 bits per heavy atom. The largest absolute Gasteiger partial charge is 0.384 e. The summed E-state index contributed by atoms with van der Waals surface area (Å²) in [5.74, 6) is 0.0781. The minimum Gasteiger partial charge on any atom is -0.384 e. The Hall–Kier alpha value is -3.44. The zero-order valence-electron chi connectivity index (χ0n) is 17.2. The third-order valence-electron chi connectivity index (χ3n) is 5.40. The second kappa shape index (κ2) is 9.58. The van der Waals surface area contributed by atoms with Crippen LogP contribution in [0.4, 0.5) is 0 Å². The molecule has 0 atom stereocenters. The summed E-state index contributed by atoms with van der Waals surface area (Å²) in [7, 11) is 1.68. The van der Waals surface area contributed by atoms with E-state index in [4.69, 9.17) is 5.73 Å². The number of halogens is 1. The van der Waals surface area contributed by atoms with Crippen LogP contribution in [0, 0.1) is 0 Å². The van der Waals surface area contributed by atoms with Crippen LogP contribution in [-0.4, -0.2) is 29.6 Å². The van der Waals surface area contributed by atoms with E-state index in [0.717, 1.165) is 24.0 Å². The van der Waals surface area contributed by atoms with Crippen molar-refractivity contribution in [2.24, 2.45) is 10.7 Å². The number of carbonyl (C=O) groups excluding carboxylic acids is 2. The highest BCUT2D eigenvalue weighted by molar-refractivity contribution is 6.21. The molecule has 3 aromatic carbocycles. The molecule has 0 unspecified atom stereocenters. The van der Waals surface area contributed by atoms with E-state index in [-0.39, 0.29) is 30.8 Å². The maximum Gasteiger partial charge on any atom is 0.261 e. The fraction of sp³-hybridized carbons (Fsp3) is 0.160. The number of amidine groups is 1. The van der Waals surface area contributed by atoms with E-state index in [2.05, 4.69) is 29.3 Å². The number of nitrogens with two attached hydrogens (primary N) is 1. The van der Waals surface area contributed by atoms with Gasteiger partial charge in [0.1, 0.15) is 5.84 Å². The van der Waals surface area contributed by atoms with Crippen molar-refractivity contribution in [1.29, 1.82) is 0 Å². The van der Waals surface area contributed by atoms with Gasteiger partial charge in [-0.2, -0.15) is 0 Å². The zero-order valence-corrected chi connectivity index (χ0v) is 18.1. The first-order valence-corrected chi connectivity index (χ1v) is 9.91. The first-order valence-electron chi connectivity index (χ1n) is 9.91. The van der Waals surface area contributed by atoms with E-state index in [0.29, 0.717) is 17.0 Å². The first kappa shape index (κ1) is 22.2. The lowest BCUT2D eigenvalue weighted by atomic mass is 10.0. The van der Waals surface area contributed by atoms with Crippen molar-refractivity contribution >= 4 is 30.1 Å². The molecule has 0 aliphatic carbocycles. The van der Waals surface area contributed by atoms with Crippen LogP contribution in [0.15, 0.2) is 77.8 Å². The average Bonchev–Trinajstić information content (AvgIpc) is 3.03. The second-order valence-electron chi connectivity index (χ2n) is 7.37. The third kappa shape index (κ3) is 4.67. The van der Waals surface area contributed by atoms with Crippen molar-refractivity contribution < 1.29 is 9.59 Å². The van der Waals surface area contributed by atoms with Crippen LogP contribution in [0.25, 0.3) is 0 Å². The zero-order chi connectivity index (χ0) is 21.1. The van der Waals surface area contributed by atoms with Crippen LogP contribution in [-0.2, 0) is 19.4 Å². The molecule has 0 saturated carbocycles. The molecule has 0 saturated heterocycles. The topological polar surface area (TPSA) is 75.8 Å². The molecule has 158 valence electrons. The summed E-state index contributed by atoms with van der Waals surface area (Å²) < 4.78 is 0. The molecule has 2 N–H and O–H groups in total. The molecule has 0 radical (unpaired) electrons. The molecule has 0 spiro atoms. The van der Waals surface area contributed by atoms with Gasteiger partial charge in [-0.05, 0) is 41.7 Å². The van der Waals surface area contributed by atoms with Crippen LogP contribution in [0.1, 0.15) is 43.0 Å². The van der Waals surface area contributed by atoms with Crippen LogP contribution in [0.2, 0.25) is 0 Å². The van der Waals surface area contributed by atoms with Gasteiger partial charge in [0.15, 0.2) is 0 Å². The minimum atomic E-state index is -0.226. The van der Waals surface area contributed by atoms with Gasteiger partial charge in [0.25, 0.3) is 11.8 Å². The monoisotopic (exact) mass is 433 g/mol. The van der Waals surface area contributed by atoms with Gasteiger partial charge < -0.3 is 5.73 Å². The molecular formula is C25H24ClN3O2. The van der Waals surface area contributed by atoms with E-state index >= 15 is 0 Å². The summed E-state index contributed by atoms with van der Waals surface area (Å²) in [6, 6.07) is 23.1. The fourth-order valence-electron chi connectivity index (χ4n) is 3.71. The van der Waals surface area contributed by atoms with Crippen molar-refractivity contribution in [3.8, 4) is 0 Å². The Balaban J connectivity index is 0.00000272. The maximum atomic E-state index is 12.6. The highest BCUT2D eigenvalue weighted by Gasteiger charge is 2.34. The number of aryl methyl sites for hydroxylation is 2. The quantitative estimate of drug-likeness (QED) is 0.362. The van der Waals surface area contributed by atoms with Gasteiger partial charge in [-0.25, -0.2) is 0 Å². The van der Waals surface area contributed by atoms with Gasteiger partial charge in [-0.1, -0.05) is 60.7 Å². The van der Waals surface area contributed by atoms with Gasteiger partial charge in [0.05, 0.1) is 17.7 Å². The fourth-order valence-corrected chi connectivity index (χ4v) is 3.71. The Bertz CT molecular complexity index is 1100. The SMILES string of the molecule is CN=C(N)c1ccc(CCc2cccc(CN3C(=O)c4ccccc4C3=O)c2)cc1.Cl. The van der Waals surface area contributed by atoms with Crippen molar-refractivity contribution in [1.82, 2.24) is 4.90 Å². The number of hydrogen-bond donors (Lipinski definition) is 1. The van der Waals surface area contributed by atoms with E-state index < -0.39 is 0 Å². The summed E-state index contributed by atoms with van der Waals surface area (Å²) in [4.78, 5) is 30.5. The minimum absolute atomic E-state index is 0. The number of aliphatic imine (C=N–C) groups is 1. The molecular weight excluding hydrogens is 410 g/mol. The van der Waals surface area contributed by atoms with E-state index in [1.807, 2.05) is 24.3 Å². The van der Waals surface area contributed by atoms with E-state index in [9.17, 15) is 9.59 Å². The summed E-state index contributed by atoms with van der Waals surface area (Å²) in [6.07, 6.45) is 1.76. The number of imide groups is 1. The Labute approximate surface area is 188 Å². The van der Waals surface area contributed by atoms with Crippen LogP contribution in [0.5, 0.6) is 0 Å². The van der Waals surface area contributed by atoms with Gasteiger partial charge >= 0.3 is 0 Å². The van der Waals surface area contributed by atoms with Crippen LogP contribution < -0.4 is 5.73 Å². The maximum absolute atomic E-state index is 12.6. The highest BCUT2D eigenvalue weighted by atomic mass is 35.5. The molecule has 6 heteroatoms. The number of carbonyl (C=O) groups is 2. The Morgan fingerprint density at radius 3 is 2.00 bits per heavy atom. The molecule has 31 heavy (non-hydrogen) atoms. The van der Waals surface area contributed by atoms with Crippen molar-refractivity contribution in [3.63, 3.8) is 0 Å². The molecule has 3 aromatic rings. The molecule has 5 nitrogen and oxygen atoms in total. The number of rotatable bonds is 6. The van der Waals surface area contributed by atoms with Crippen molar-refractivity contribution in [2.75, 3.05) is 7.05 Å². The molecule has 0 bridgehead atoms. The summed E-state index contributed by atoms with van der Waals surface area (Å²) in [6.45, 7) is 0.282. The number of fused-ring (bicyclic) bond motifs is 1. The van der Waals surface area contributed by atoms with E-state index in [1.54, 1.807) is 31.3 Å². The van der Waals surface area contributed by atoms with Crippen molar-refractivity contribution in [3.05, 3.63) is 106 Å². The van der Waals surface area contributed by atoms with Crippen molar-refractivity contribution in [2.45, 2.75) is 19.4 Å². The number of benzene rings is 3. The molecule has 1 aliphatic rings. The molecule has 1 aliphatic heterocycles. The number of hydrogen-bond acceptors (Lipinski definition) is 3. The lowest BCUT2D eigenvalue weighted by molar-refractivity contribution is 0.0642. The predicted molar refractivity (Wildman–Crippen MR) is 125 cm³/mol. The lowest BCUT2D eigenvalue weighted by Crippen LogP contribution is -2.29. The molecule has 0 aromatic heterocycles. The van der Waals surface area contributed by atoms with Gasteiger partial charge in [0.2, 0.25) is 0 Å². The normalized spacial score (nSPS) is 13.2. The van der Waals surface area contributed by atoms with Gasteiger partial charge in [0, 0.05) is 12.6 Å². The number of nitrogens with zero attached hydrogens (tertiary/aromatic N) is 2. The molecule has 2 amide bonds. The number of amides is 2. The summed E-state index contributed by atoms with van der Waals surface area (Å²) >= 11 is 0.